The smallest absolute Gasteiger partial charge is 0.0959 e. The molecule has 2 nitrogen and oxygen atoms in total. The molecule has 0 saturated heterocycles. The Kier molecular flexibility index (Phi) is 3.76. The number of nitrogens with one attached hydrogen (secondary N) is 1. The summed E-state index contributed by atoms with van der Waals surface area (Å²) in [6.45, 7) is 5.41. The van der Waals surface area contributed by atoms with Crippen molar-refractivity contribution in [3.63, 3.8) is 0 Å². The zero-order valence-electron chi connectivity index (χ0n) is 9.62. The summed E-state index contributed by atoms with van der Waals surface area (Å²) < 4.78 is 0. The molecule has 0 aromatic carbocycles. The molecule has 1 fully saturated rings. The number of hydrogen-bond acceptors (Lipinski definition) is 3. The van der Waals surface area contributed by atoms with Crippen molar-refractivity contribution in [2.24, 2.45) is 0 Å². The van der Waals surface area contributed by atoms with Gasteiger partial charge in [0.2, 0.25) is 0 Å². The molecule has 0 spiro atoms. The highest BCUT2D eigenvalue weighted by Crippen LogP contribution is 2.37. The van der Waals surface area contributed by atoms with Crippen LogP contribution in [0.25, 0.3) is 0 Å². The summed E-state index contributed by atoms with van der Waals surface area (Å²) in [6, 6.07) is 0.578. The Balaban J connectivity index is 1.79. The topological polar surface area (TPSA) is 24.9 Å². The summed E-state index contributed by atoms with van der Waals surface area (Å²) in [4.78, 5) is 4.71. The van der Waals surface area contributed by atoms with E-state index in [1.807, 2.05) is 11.3 Å². The van der Waals surface area contributed by atoms with Crippen molar-refractivity contribution in [1.82, 2.24) is 10.3 Å². The van der Waals surface area contributed by atoms with E-state index in [1.165, 1.54) is 30.0 Å². The second-order valence-electron chi connectivity index (χ2n) is 4.66. The second-order valence-corrected chi connectivity index (χ2v) is 5.55. The first-order chi connectivity index (χ1) is 7.25. The van der Waals surface area contributed by atoms with Crippen molar-refractivity contribution in [1.29, 1.82) is 0 Å². The van der Waals surface area contributed by atoms with Crippen LogP contribution in [0.1, 0.15) is 49.7 Å². The number of rotatable bonds is 5. The van der Waals surface area contributed by atoms with E-state index in [2.05, 4.69) is 24.5 Å². The Bertz CT molecular complexity index is 302. The number of thiazole rings is 1. The zero-order valence-corrected chi connectivity index (χ0v) is 10.4. The molecule has 1 N–H and O–H groups in total. The van der Waals surface area contributed by atoms with Crippen LogP contribution in [0.5, 0.6) is 0 Å². The van der Waals surface area contributed by atoms with Gasteiger partial charge in [-0.2, -0.15) is 0 Å². The van der Waals surface area contributed by atoms with Gasteiger partial charge in [-0.15, -0.1) is 11.3 Å². The van der Waals surface area contributed by atoms with Gasteiger partial charge in [-0.1, -0.05) is 20.3 Å². The average Bonchev–Trinajstić information content (AvgIpc) is 2.49. The molecule has 2 rings (SSSR count). The van der Waals surface area contributed by atoms with Gasteiger partial charge in [-0.05, 0) is 12.8 Å². The van der Waals surface area contributed by atoms with E-state index in [-0.39, 0.29) is 0 Å². The summed E-state index contributed by atoms with van der Waals surface area (Å²) in [5.41, 5.74) is 1.27. The maximum absolute atomic E-state index is 4.71. The first-order valence-electron chi connectivity index (χ1n) is 5.93. The molecule has 0 atom stereocenters. The van der Waals surface area contributed by atoms with E-state index in [4.69, 9.17) is 4.98 Å². The van der Waals surface area contributed by atoms with E-state index >= 15 is 0 Å². The maximum atomic E-state index is 4.71. The van der Waals surface area contributed by atoms with Crippen LogP contribution in [0.4, 0.5) is 0 Å². The third-order valence-electron chi connectivity index (χ3n) is 2.96. The van der Waals surface area contributed by atoms with Crippen molar-refractivity contribution < 1.29 is 0 Å². The fourth-order valence-electron chi connectivity index (χ4n) is 1.77. The number of aromatic nitrogens is 1. The molecule has 1 aromatic rings. The normalized spacial score (nSPS) is 17.0. The average molecular weight is 224 g/mol. The van der Waals surface area contributed by atoms with Crippen LogP contribution in [0, 0.1) is 0 Å². The van der Waals surface area contributed by atoms with Crippen molar-refractivity contribution in [3.8, 4) is 0 Å². The van der Waals surface area contributed by atoms with Crippen LogP contribution in [-0.2, 0) is 6.42 Å². The lowest BCUT2D eigenvalue weighted by Crippen LogP contribution is -2.25. The second kappa shape index (κ2) is 5.08. The van der Waals surface area contributed by atoms with Crippen molar-refractivity contribution in [3.05, 3.63) is 16.1 Å². The third kappa shape index (κ3) is 3.02. The van der Waals surface area contributed by atoms with Gasteiger partial charge < -0.3 is 5.32 Å². The molecule has 0 unspecified atom stereocenters. The highest BCUT2D eigenvalue weighted by Gasteiger charge is 2.22. The molecule has 0 aliphatic heterocycles. The van der Waals surface area contributed by atoms with Gasteiger partial charge in [0.1, 0.15) is 0 Å². The van der Waals surface area contributed by atoms with Crippen LogP contribution in [0.3, 0.4) is 0 Å². The molecular formula is C12H20N2S. The summed E-state index contributed by atoms with van der Waals surface area (Å²) in [5, 5.41) is 7.03. The number of hydrogen-bond donors (Lipinski definition) is 1. The Morgan fingerprint density at radius 2 is 2.33 bits per heavy atom. The Hall–Kier alpha value is -0.410. The van der Waals surface area contributed by atoms with Gasteiger partial charge in [0, 0.05) is 30.3 Å². The van der Waals surface area contributed by atoms with Crippen LogP contribution >= 0.6 is 11.3 Å². The van der Waals surface area contributed by atoms with Gasteiger partial charge >= 0.3 is 0 Å². The summed E-state index contributed by atoms with van der Waals surface area (Å²) in [5.74, 6) is 0.793. The predicted molar refractivity (Wildman–Crippen MR) is 65.5 cm³/mol. The summed E-state index contributed by atoms with van der Waals surface area (Å²) in [7, 11) is 0. The molecular weight excluding hydrogens is 204 g/mol. The summed E-state index contributed by atoms with van der Waals surface area (Å²) >= 11 is 1.85. The minimum absolute atomic E-state index is 0.578. The Labute approximate surface area is 96.1 Å². The minimum atomic E-state index is 0.578. The van der Waals surface area contributed by atoms with Gasteiger partial charge in [0.15, 0.2) is 0 Å². The van der Waals surface area contributed by atoms with Gasteiger partial charge in [0.05, 0.1) is 10.7 Å². The monoisotopic (exact) mass is 224 g/mol. The molecule has 0 radical (unpaired) electrons. The van der Waals surface area contributed by atoms with Crippen LogP contribution in [0.2, 0.25) is 0 Å². The van der Waals surface area contributed by atoms with Crippen molar-refractivity contribution >= 4 is 11.3 Å². The fraction of sp³-hybridized carbons (Fsp3) is 0.750. The minimum Gasteiger partial charge on any atom is -0.314 e. The zero-order chi connectivity index (χ0) is 10.7. The largest absolute Gasteiger partial charge is 0.314 e. The SMILES string of the molecule is CC(C)NCCc1csc(C2CCC2)n1. The third-order valence-corrected chi connectivity index (χ3v) is 4.01. The molecule has 3 heteroatoms. The van der Waals surface area contributed by atoms with E-state index in [0.717, 1.165) is 18.9 Å². The molecule has 84 valence electrons. The molecule has 1 aliphatic rings. The predicted octanol–water partition coefficient (Wildman–Crippen LogP) is 2.95. The van der Waals surface area contributed by atoms with Gasteiger partial charge in [-0.3, -0.25) is 0 Å². The highest BCUT2D eigenvalue weighted by atomic mass is 32.1. The van der Waals surface area contributed by atoms with E-state index in [0.29, 0.717) is 6.04 Å². The van der Waals surface area contributed by atoms with E-state index < -0.39 is 0 Å². The molecule has 1 saturated carbocycles. The van der Waals surface area contributed by atoms with E-state index in [1.54, 1.807) is 0 Å². The number of nitrogens with zero attached hydrogens (tertiary/aromatic N) is 1. The Morgan fingerprint density at radius 3 is 2.93 bits per heavy atom. The maximum Gasteiger partial charge on any atom is 0.0959 e. The first-order valence-corrected chi connectivity index (χ1v) is 6.81. The standard InChI is InChI=1S/C12H20N2S/c1-9(2)13-7-6-11-8-15-12(14-11)10-4-3-5-10/h8-10,13H,3-7H2,1-2H3. The lowest BCUT2D eigenvalue weighted by Gasteiger charge is -2.22. The molecule has 1 aromatic heterocycles. The van der Waals surface area contributed by atoms with Crippen molar-refractivity contribution in [2.75, 3.05) is 6.54 Å². The van der Waals surface area contributed by atoms with E-state index in [9.17, 15) is 0 Å². The molecule has 15 heavy (non-hydrogen) atoms. The lowest BCUT2D eigenvalue weighted by molar-refractivity contribution is 0.417. The molecule has 1 aliphatic carbocycles. The quantitative estimate of drug-likeness (QED) is 0.832. The summed E-state index contributed by atoms with van der Waals surface area (Å²) in [6.07, 6.45) is 5.18. The van der Waals surface area contributed by atoms with Gasteiger partial charge in [0.25, 0.3) is 0 Å². The first kappa shape index (κ1) is 11.1. The molecule has 1 heterocycles. The fourth-order valence-corrected chi connectivity index (χ4v) is 2.79. The molecule has 0 amide bonds. The van der Waals surface area contributed by atoms with Crippen LogP contribution in [-0.4, -0.2) is 17.6 Å². The Morgan fingerprint density at radius 1 is 1.53 bits per heavy atom. The van der Waals surface area contributed by atoms with Crippen molar-refractivity contribution in [2.45, 2.75) is 51.5 Å². The van der Waals surface area contributed by atoms with Crippen LogP contribution in [0.15, 0.2) is 5.38 Å². The molecule has 0 bridgehead atoms. The van der Waals surface area contributed by atoms with Crippen LogP contribution < -0.4 is 5.32 Å². The highest BCUT2D eigenvalue weighted by molar-refractivity contribution is 7.09. The van der Waals surface area contributed by atoms with Gasteiger partial charge in [-0.25, -0.2) is 4.98 Å². The lowest BCUT2D eigenvalue weighted by atomic mass is 9.86.